The van der Waals surface area contributed by atoms with Gasteiger partial charge < -0.3 is 4.42 Å². The monoisotopic (exact) mass is 731 g/mol. The second-order valence-electron chi connectivity index (χ2n) is 14.3. The zero-order valence-electron chi connectivity index (χ0n) is 29.9. The minimum absolute atomic E-state index is 0.619. The summed E-state index contributed by atoms with van der Waals surface area (Å²) in [5, 5.41) is 12.0. The molecule has 0 aliphatic rings. The Morgan fingerprint density at radius 3 is 1.91 bits per heavy atom. The number of rotatable bonds is 4. The van der Waals surface area contributed by atoms with Crippen LogP contribution < -0.4 is 0 Å². The molecule has 0 saturated heterocycles. The molecule has 3 aromatic heterocycles. The van der Waals surface area contributed by atoms with E-state index in [2.05, 4.69) is 127 Å². The van der Waals surface area contributed by atoms with Gasteiger partial charge in [-0.1, -0.05) is 127 Å². The summed E-state index contributed by atoms with van der Waals surface area (Å²) < 4.78 is 8.58. The molecule has 0 atom stereocenters. The molecule has 56 heavy (non-hydrogen) atoms. The Kier molecular flexibility index (Phi) is 6.76. The second kappa shape index (κ2) is 12.2. The Morgan fingerprint density at radius 2 is 1.02 bits per heavy atom. The molecule has 3 heterocycles. The number of aromatic nitrogens is 3. The van der Waals surface area contributed by atoms with E-state index in [1.807, 2.05) is 48.5 Å². The van der Waals surface area contributed by atoms with E-state index in [4.69, 9.17) is 19.4 Å². The minimum atomic E-state index is 0.619. The van der Waals surface area contributed by atoms with Crippen LogP contribution in [0.25, 0.3) is 120 Å². The maximum absolute atomic E-state index is 6.16. The van der Waals surface area contributed by atoms with Crippen LogP contribution in [0.5, 0.6) is 0 Å². The SMILES string of the molecule is c1ccc(-c2nc(-c3ccc4oc5ccccc5c4c3)nc(-c3cccc4sc5ccc(-c6cc7c8ccccc8ccc7c7ccccc67)cc5c34)n2)cc1. The fraction of sp³-hybridized carbons (Fsp3) is 0. The summed E-state index contributed by atoms with van der Waals surface area (Å²) in [6.07, 6.45) is 0. The number of fused-ring (bicyclic) bond motifs is 11. The van der Waals surface area contributed by atoms with Gasteiger partial charge in [0.25, 0.3) is 0 Å². The van der Waals surface area contributed by atoms with Crippen LogP contribution in [0.2, 0.25) is 0 Å². The Bertz CT molecular complexity index is 3550. The minimum Gasteiger partial charge on any atom is -0.456 e. The topological polar surface area (TPSA) is 51.8 Å². The van der Waals surface area contributed by atoms with E-state index < -0.39 is 0 Å². The molecule has 0 spiro atoms. The molecule has 12 rings (SSSR count). The highest BCUT2D eigenvalue weighted by Gasteiger charge is 2.19. The van der Waals surface area contributed by atoms with Crippen LogP contribution in [0.15, 0.2) is 180 Å². The third-order valence-electron chi connectivity index (χ3n) is 11.1. The smallest absolute Gasteiger partial charge is 0.164 e. The molecule has 0 amide bonds. The molecule has 9 aromatic carbocycles. The molecule has 4 nitrogen and oxygen atoms in total. The van der Waals surface area contributed by atoms with E-state index in [9.17, 15) is 0 Å². The molecular formula is C51H29N3OS. The maximum Gasteiger partial charge on any atom is 0.164 e. The lowest BCUT2D eigenvalue weighted by Crippen LogP contribution is -2.00. The Hall–Kier alpha value is -7.21. The van der Waals surface area contributed by atoms with Crippen LogP contribution in [0.3, 0.4) is 0 Å². The average Bonchev–Trinajstić information content (AvgIpc) is 3.84. The number of hydrogen-bond acceptors (Lipinski definition) is 5. The molecule has 0 fully saturated rings. The van der Waals surface area contributed by atoms with Gasteiger partial charge in [-0.25, -0.2) is 15.0 Å². The number of thiophene rings is 1. The first-order valence-corrected chi connectivity index (χ1v) is 19.6. The fourth-order valence-electron chi connectivity index (χ4n) is 8.49. The normalized spacial score (nSPS) is 11.9. The summed E-state index contributed by atoms with van der Waals surface area (Å²) in [4.78, 5) is 15.5. The maximum atomic E-state index is 6.16. The predicted octanol–water partition coefficient (Wildman–Crippen LogP) is 14.3. The first-order valence-electron chi connectivity index (χ1n) is 18.8. The van der Waals surface area contributed by atoms with Crippen molar-refractivity contribution in [2.24, 2.45) is 0 Å². The number of hydrogen-bond donors (Lipinski definition) is 0. The third-order valence-corrected chi connectivity index (χ3v) is 12.3. The van der Waals surface area contributed by atoms with Crippen molar-refractivity contribution in [3.8, 4) is 45.3 Å². The van der Waals surface area contributed by atoms with E-state index in [0.717, 1.165) is 44.0 Å². The van der Waals surface area contributed by atoms with Crippen molar-refractivity contribution in [2.75, 3.05) is 0 Å². The lowest BCUT2D eigenvalue weighted by Gasteiger charge is -2.13. The van der Waals surface area contributed by atoms with Crippen molar-refractivity contribution in [3.05, 3.63) is 176 Å². The van der Waals surface area contributed by atoms with Gasteiger partial charge in [0, 0.05) is 47.6 Å². The van der Waals surface area contributed by atoms with E-state index in [-0.39, 0.29) is 0 Å². The van der Waals surface area contributed by atoms with Gasteiger partial charge in [-0.2, -0.15) is 0 Å². The highest BCUT2D eigenvalue weighted by atomic mass is 32.1. The molecule has 260 valence electrons. The van der Waals surface area contributed by atoms with Crippen molar-refractivity contribution in [1.29, 1.82) is 0 Å². The second-order valence-corrected chi connectivity index (χ2v) is 15.4. The van der Waals surface area contributed by atoms with Crippen LogP contribution in [-0.4, -0.2) is 15.0 Å². The van der Waals surface area contributed by atoms with Crippen LogP contribution in [0, 0.1) is 0 Å². The molecule has 0 aliphatic heterocycles. The van der Waals surface area contributed by atoms with Gasteiger partial charge in [0.15, 0.2) is 17.5 Å². The van der Waals surface area contributed by atoms with Crippen molar-refractivity contribution in [1.82, 2.24) is 15.0 Å². The largest absolute Gasteiger partial charge is 0.456 e. The number of para-hydroxylation sites is 1. The van der Waals surface area contributed by atoms with Gasteiger partial charge in [-0.05, 0) is 92.0 Å². The lowest BCUT2D eigenvalue weighted by atomic mass is 9.90. The van der Waals surface area contributed by atoms with Gasteiger partial charge in [0.05, 0.1) is 0 Å². The van der Waals surface area contributed by atoms with Crippen molar-refractivity contribution < 1.29 is 4.42 Å². The van der Waals surface area contributed by atoms with E-state index in [0.29, 0.717) is 17.5 Å². The van der Waals surface area contributed by atoms with Crippen molar-refractivity contribution in [2.45, 2.75) is 0 Å². The Balaban J connectivity index is 1.09. The molecule has 0 saturated carbocycles. The number of nitrogens with zero attached hydrogens (tertiary/aromatic N) is 3. The predicted molar refractivity (Wildman–Crippen MR) is 234 cm³/mol. The standard InChI is InChI=1S/C51H29N3OS/c1-2-12-31(13-3-1)49-52-50(33-22-25-45-42(28-33)38-17-8-9-19-44(38)55-45)54-51(53-49)39-18-10-20-47-48(39)43-27-32(23-26-46(43)56-47)40-29-41-34-14-5-4-11-30(34)21-24-37(41)35-15-6-7-16-36(35)40/h1-29H. The average molecular weight is 732 g/mol. The summed E-state index contributed by atoms with van der Waals surface area (Å²) in [7, 11) is 0. The molecular weight excluding hydrogens is 703 g/mol. The van der Waals surface area contributed by atoms with Crippen LogP contribution in [0.4, 0.5) is 0 Å². The molecule has 0 unspecified atom stereocenters. The van der Waals surface area contributed by atoms with Gasteiger partial charge in [-0.3, -0.25) is 0 Å². The number of benzene rings is 9. The fourth-order valence-corrected chi connectivity index (χ4v) is 9.60. The number of furan rings is 1. The van der Waals surface area contributed by atoms with Crippen LogP contribution >= 0.6 is 11.3 Å². The molecule has 0 radical (unpaired) electrons. The van der Waals surface area contributed by atoms with E-state index in [1.54, 1.807) is 11.3 Å². The molecule has 0 bridgehead atoms. The summed E-state index contributed by atoms with van der Waals surface area (Å²) in [5.74, 6) is 1.90. The quantitative estimate of drug-likeness (QED) is 0.169. The highest BCUT2D eigenvalue weighted by molar-refractivity contribution is 7.26. The van der Waals surface area contributed by atoms with E-state index >= 15 is 0 Å². The molecule has 5 heteroatoms. The van der Waals surface area contributed by atoms with Gasteiger partial charge >= 0.3 is 0 Å². The van der Waals surface area contributed by atoms with E-state index in [1.165, 1.54) is 58.2 Å². The van der Waals surface area contributed by atoms with Gasteiger partial charge in [0.2, 0.25) is 0 Å². The molecule has 0 aliphatic carbocycles. The Morgan fingerprint density at radius 1 is 0.339 bits per heavy atom. The van der Waals surface area contributed by atoms with Crippen LogP contribution in [0.1, 0.15) is 0 Å². The summed E-state index contributed by atoms with van der Waals surface area (Å²) in [6.45, 7) is 0. The molecule has 12 aromatic rings. The van der Waals surface area contributed by atoms with Gasteiger partial charge in [0.1, 0.15) is 11.2 Å². The first-order chi connectivity index (χ1) is 27.7. The Labute approximate surface area is 325 Å². The zero-order chi connectivity index (χ0) is 36.7. The summed E-state index contributed by atoms with van der Waals surface area (Å²) >= 11 is 1.81. The van der Waals surface area contributed by atoms with Gasteiger partial charge in [-0.15, -0.1) is 11.3 Å². The third kappa shape index (κ3) is 4.81. The molecule has 0 N–H and O–H groups in total. The zero-order valence-corrected chi connectivity index (χ0v) is 30.7. The lowest BCUT2D eigenvalue weighted by molar-refractivity contribution is 0.669. The van der Waals surface area contributed by atoms with Crippen LogP contribution in [-0.2, 0) is 0 Å². The van der Waals surface area contributed by atoms with Crippen molar-refractivity contribution in [3.63, 3.8) is 0 Å². The first kappa shape index (κ1) is 31.2. The van der Waals surface area contributed by atoms with Crippen molar-refractivity contribution >= 4 is 85.8 Å². The highest BCUT2D eigenvalue weighted by Crippen LogP contribution is 2.44. The summed E-state index contributed by atoms with van der Waals surface area (Å²) in [5.41, 5.74) is 6.93. The summed E-state index contributed by atoms with van der Waals surface area (Å²) in [6, 6.07) is 62.3.